The molecule has 0 saturated heterocycles. The van der Waals surface area contributed by atoms with Crippen molar-refractivity contribution >= 4 is 5.78 Å². The third-order valence-electron chi connectivity index (χ3n) is 9.02. The molecule has 0 aliphatic heterocycles. The first-order valence-electron chi connectivity index (χ1n) is 15.4. The van der Waals surface area contributed by atoms with E-state index in [0.717, 1.165) is 33.4 Å². The molecule has 0 aliphatic carbocycles. The Hall–Kier alpha value is -5.01. The molecule has 0 aliphatic rings. The topological polar surface area (TPSA) is 17.1 Å². The van der Waals surface area contributed by atoms with Gasteiger partial charge in [-0.2, -0.15) is 0 Å². The van der Waals surface area contributed by atoms with Gasteiger partial charge in [-0.3, -0.25) is 4.79 Å². The summed E-state index contributed by atoms with van der Waals surface area (Å²) in [5, 5.41) is 0. The van der Waals surface area contributed by atoms with E-state index in [-0.39, 0.29) is 5.78 Å². The van der Waals surface area contributed by atoms with E-state index in [2.05, 4.69) is 159 Å². The van der Waals surface area contributed by atoms with E-state index in [1.54, 1.807) is 0 Å². The smallest absolute Gasteiger partial charge is 0.163 e. The molecule has 0 spiro atoms. The second-order valence-corrected chi connectivity index (χ2v) is 11.9. The Balaban J connectivity index is 1.71. The number of hydrogen-bond acceptors (Lipinski definition) is 1. The molecule has 0 fully saturated rings. The fraction of sp³-hybridized carbons (Fsp3) is 0.140. The quantitative estimate of drug-likeness (QED) is 0.160. The molecule has 0 bridgehead atoms. The highest BCUT2D eigenvalue weighted by Gasteiger charge is 2.53. The molecule has 1 nitrogen and oxygen atoms in total. The van der Waals surface area contributed by atoms with Crippen molar-refractivity contribution in [3.8, 4) is 0 Å². The molecule has 6 aromatic carbocycles. The Morgan fingerprint density at radius 2 is 0.636 bits per heavy atom. The second-order valence-electron chi connectivity index (χ2n) is 11.9. The first kappa shape index (κ1) is 29.1. The van der Waals surface area contributed by atoms with Crippen LogP contribution < -0.4 is 0 Å². The van der Waals surface area contributed by atoms with Gasteiger partial charge in [0.2, 0.25) is 0 Å². The van der Waals surface area contributed by atoms with Gasteiger partial charge in [0.25, 0.3) is 0 Å². The highest BCUT2D eigenvalue weighted by molar-refractivity contribution is 6.05. The molecule has 216 valence electrons. The van der Waals surface area contributed by atoms with Gasteiger partial charge in [-0.05, 0) is 60.1 Å². The van der Waals surface area contributed by atoms with Gasteiger partial charge in [0.15, 0.2) is 5.78 Å². The lowest BCUT2D eigenvalue weighted by Crippen LogP contribution is -2.53. The predicted octanol–water partition coefficient (Wildman–Crippen LogP) is 9.63. The number of ketones is 1. The average molecular weight is 571 g/mol. The summed E-state index contributed by atoms with van der Waals surface area (Å²) in [7, 11) is 0. The van der Waals surface area contributed by atoms with Gasteiger partial charge in [0.1, 0.15) is 0 Å². The summed E-state index contributed by atoms with van der Waals surface area (Å²) in [6.07, 6.45) is 1.07. The van der Waals surface area contributed by atoms with Crippen LogP contribution in [0.2, 0.25) is 0 Å². The lowest BCUT2D eigenvalue weighted by Gasteiger charge is -2.44. The van der Waals surface area contributed by atoms with Gasteiger partial charge in [-0.15, -0.1) is 0 Å². The number of aryl methyl sites for hydroxylation is 2. The van der Waals surface area contributed by atoms with Crippen molar-refractivity contribution in [3.05, 3.63) is 214 Å². The van der Waals surface area contributed by atoms with Crippen LogP contribution in [0.4, 0.5) is 0 Å². The minimum Gasteiger partial charge on any atom is -0.297 e. The maximum absolute atomic E-state index is 16.4. The molecule has 0 N–H and O–H groups in total. The van der Waals surface area contributed by atoms with E-state index in [0.29, 0.717) is 12.8 Å². The largest absolute Gasteiger partial charge is 0.297 e. The number of carbonyl (C=O) groups is 1. The molecule has 0 unspecified atom stereocenters. The number of carbonyl (C=O) groups excluding carboxylic acids is 1. The van der Waals surface area contributed by atoms with E-state index in [4.69, 9.17) is 0 Å². The Morgan fingerprint density at radius 1 is 0.386 bits per heavy atom. The Bertz CT molecular complexity index is 1570. The Kier molecular flexibility index (Phi) is 8.39. The van der Waals surface area contributed by atoms with E-state index < -0.39 is 10.8 Å². The first-order valence-corrected chi connectivity index (χ1v) is 15.4. The average Bonchev–Trinajstić information content (AvgIpc) is 3.09. The zero-order chi connectivity index (χ0) is 30.4. The van der Waals surface area contributed by atoms with Crippen molar-refractivity contribution in [2.45, 2.75) is 37.5 Å². The van der Waals surface area contributed by atoms with Crippen LogP contribution in [0.5, 0.6) is 0 Å². The van der Waals surface area contributed by atoms with Crippen LogP contribution >= 0.6 is 0 Å². The van der Waals surface area contributed by atoms with Crippen molar-refractivity contribution in [3.63, 3.8) is 0 Å². The summed E-state index contributed by atoms with van der Waals surface area (Å²) in [5.41, 5.74) is 6.69. The van der Waals surface area contributed by atoms with Crippen LogP contribution in [0.15, 0.2) is 170 Å². The SMILES string of the molecule is Cc1ccc(CC(C(=O)C(Cc2ccc(C)cc2)(c2ccccc2)c2ccccc2)(c2ccccc2)c2ccccc2)cc1. The molecule has 0 atom stereocenters. The van der Waals surface area contributed by atoms with Crippen LogP contribution in [0.1, 0.15) is 44.5 Å². The summed E-state index contributed by atoms with van der Waals surface area (Å²) in [6.45, 7) is 4.21. The van der Waals surface area contributed by atoms with E-state index in [9.17, 15) is 0 Å². The molecular weight excluding hydrogens is 532 g/mol. The molecule has 0 amide bonds. The fourth-order valence-electron chi connectivity index (χ4n) is 6.71. The molecule has 0 radical (unpaired) electrons. The molecular formula is C43H38O. The van der Waals surface area contributed by atoms with Crippen molar-refractivity contribution in [1.82, 2.24) is 0 Å². The van der Waals surface area contributed by atoms with E-state index in [1.807, 2.05) is 24.3 Å². The molecule has 6 aromatic rings. The summed E-state index contributed by atoms with van der Waals surface area (Å²) in [6, 6.07) is 58.9. The summed E-state index contributed by atoms with van der Waals surface area (Å²) in [4.78, 5) is 16.4. The third-order valence-corrected chi connectivity index (χ3v) is 9.02. The van der Waals surface area contributed by atoms with Crippen LogP contribution in [0.3, 0.4) is 0 Å². The zero-order valence-electron chi connectivity index (χ0n) is 25.5. The van der Waals surface area contributed by atoms with Gasteiger partial charge in [-0.25, -0.2) is 0 Å². The lowest BCUT2D eigenvalue weighted by molar-refractivity contribution is -0.127. The maximum Gasteiger partial charge on any atom is 0.163 e. The van der Waals surface area contributed by atoms with Gasteiger partial charge in [-0.1, -0.05) is 181 Å². The van der Waals surface area contributed by atoms with Gasteiger partial charge in [0, 0.05) is 0 Å². The normalized spacial score (nSPS) is 11.7. The van der Waals surface area contributed by atoms with E-state index >= 15 is 4.79 Å². The number of benzene rings is 6. The molecule has 1 heteroatoms. The molecule has 44 heavy (non-hydrogen) atoms. The molecule has 0 heterocycles. The van der Waals surface area contributed by atoms with Gasteiger partial charge >= 0.3 is 0 Å². The highest BCUT2D eigenvalue weighted by atomic mass is 16.1. The van der Waals surface area contributed by atoms with Gasteiger partial charge in [0.05, 0.1) is 10.8 Å². The number of hydrogen-bond donors (Lipinski definition) is 0. The van der Waals surface area contributed by atoms with Crippen molar-refractivity contribution in [2.24, 2.45) is 0 Å². The minimum atomic E-state index is -0.978. The Morgan fingerprint density at radius 3 is 0.886 bits per heavy atom. The lowest BCUT2D eigenvalue weighted by atomic mass is 9.55. The third kappa shape index (κ3) is 5.54. The number of Topliss-reactive ketones (excluding diaryl/α,β-unsaturated/α-hetero) is 1. The molecule has 6 rings (SSSR count). The molecule has 0 aromatic heterocycles. The van der Waals surface area contributed by atoms with Crippen LogP contribution in [0, 0.1) is 13.8 Å². The summed E-state index contributed by atoms with van der Waals surface area (Å²) >= 11 is 0. The Labute approximate surface area is 261 Å². The van der Waals surface area contributed by atoms with Crippen molar-refractivity contribution in [2.75, 3.05) is 0 Å². The fourth-order valence-corrected chi connectivity index (χ4v) is 6.71. The summed E-state index contributed by atoms with van der Waals surface area (Å²) < 4.78 is 0. The van der Waals surface area contributed by atoms with Crippen molar-refractivity contribution < 1.29 is 4.79 Å². The maximum atomic E-state index is 16.4. The number of rotatable bonds is 10. The van der Waals surface area contributed by atoms with E-state index in [1.165, 1.54) is 11.1 Å². The standard InChI is InChI=1S/C43H38O/c1-33-23-27-35(28-24-33)31-42(37-15-7-3-8-16-37,38-17-9-4-10-18-38)41(44)43(39-19-11-5-12-20-39,40-21-13-6-14-22-40)32-36-29-25-34(2)26-30-36/h3-30H,31-32H2,1-2H3. The van der Waals surface area contributed by atoms with Crippen molar-refractivity contribution in [1.29, 1.82) is 0 Å². The minimum absolute atomic E-state index is 0.168. The highest BCUT2D eigenvalue weighted by Crippen LogP contribution is 2.48. The monoisotopic (exact) mass is 570 g/mol. The van der Waals surface area contributed by atoms with Gasteiger partial charge < -0.3 is 0 Å². The van der Waals surface area contributed by atoms with Crippen LogP contribution in [0.25, 0.3) is 0 Å². The predicted molar refractivity (Wildman–Crippen MR) is 182 cm³/mol. The molecule has 0 saturated carbocycles. The van der Waals surface area contributed by atoms with Crippen LogP contribution in [-0.4, -0.2) is 5.78 Å². The zero-order valence-corrected chi connectivity index (χ0v) is 25.5. The first-order chi connectivity index (χ1) is 21.5. The van der Waals surface area contributed by atoms with Crippen LogP contribution in [-0.2, 0) is 28.5 Å². The summed E-state index contributed by atoms with van der Waals surface area (Å²) in [5.74, 6) is 0.168. The second kappa shape index (κ2) is 12.7.